The van der Waals surface area contributed by atoms with Gasteiger partial charge in [-0.05, 0) is 85.9 Å². The number of piperidine rings is 1. The molecule has 0 radical (unpaired) electrons. The largest absolute Gasteiger partial charge is 0.490 e. The molecule has 1 aliphatic rings. The van der Waals surface area contributed by atoms with E-state index in [1.807, 2.05) is 61.5 Å². The van der Waals surface area contributed by atoms with Crippen LogP contribution in [0.15, 0.2) is 59.7 Å². The van der Waals surface area contributed by atoms with Crippen LogP contribution >= 0.6 is 22.6 Å². The van der Waals surface area contributed by atoms with Crippen molar-refractivity contribution in [2.45, 2.75) is 25.1 Å². The molecular formula is C29H32F3IN8O5. The quantitative estimate of drug-likeness (QED) is 0.208. The second-order valence-electron chi connectivity index (χ2n) is 10.7. The number of aromatic nitrogens is 4. The van der Waals surface area contributed by atoms with E-state index in [1.54, 1.807) is 20.3 Å². The lowest BCUT2D eigenvalue weighted by molar-refractivity contribution is -0.192. The number of likely N-dealkylation sites (N-methyl/N-ethyl adjacent to an activating group) is 1. The van der Waals surface area contributed by atoms with Crippen LogP contribution in [0.1, 0.15) is 29.2 Å². The number of H-pyrrole nitrogens is 1. The highest BCUT2D eigenvalue weighted by molar-refractivity contribution is 14.1. The molecule has 246 valence electrons. The Bertz CT molecular complexity index is 1740. The number of carbonyl (C=O) groups excluding carboxylic acids is 2. The molecular weight excluding hydrogens is 724 g/mol. The van der Waals surface area contributed by atoms with E-state index < -0.39 is 12.1 Å². The molecule has 3 amide bonds. The molecule has 0 unspecified atom stereocenters. The van der Waals surface area contributed by atoms with Crippen molar-refractivity contribution in [1.29, 1.82) is 0 Å². The molecule has 2 aromatic carbocycles. The number of aliphatic carboxylic acids is 1. The third kappa shape index (κ3) is 8.65. The summed E-state index contributed by atoms with van der Waals surface area (Å²) in [5.41, 5.74) is 3.12. The van der Waals surface area contributed by atoms with Gasteiger partial charge in [-0.15, -0.1) is 0 Å². The number of urea groups is 1. The third-order valence-corrected chi connectivity index (χ3v) is 7.84. The lowest BCUT2D eigenvalue weighted by Crippen LogP contribution is -2.42. The summed E-state index contributed by atoms with van der Waals surface area (Å²) in [6, 6.07) is 13.1. The lowest BCUT2D eigenvalue weighted by atomic mass is 10.0. The van der Waals surface area contributed by atoms with Gasteiger partial charge in [0.05, 0.1) is 28.5 Å². The number of carbonyl (C=O) groups is 3. The number of alkyl halides is 3. The van der Waals surface area contributed by atoms with Gasteiger partial charge in [0, 0.05) is 47.7 Å². The van der Waals surface area contributed by atoms with Crippen molar-refractivity contribution in [2.75, 3.05) is 45.6 Å². The number of fused-ring (bicyclic) bond motifs is 1. The number of para-hydroxylation sites is 1. The number of imidazole rings is 1. The average molecular weight is 757 g/mol. The zero-order chi connectivity index (χ0) is 33.6. The molecule has 5 rings (SSSR count). The number of nitrogens with zero attached hydrogens (tertiary/aromatic N) is 5. The SMILES string of the molecule is CN(C)CCNC(=O)c1cnn(-c2cccc3c2[nH]c(=O)n3C2CCN(C(=O)Nc3ccc(I)cc3)CC2)c1.O=C(O)C(F)(F)F. The minimum absolute atomic E-state index is 0.0421. The first-order valence-corrected chi connectivity index (χ1v) is 15.1. The highest BCUT2D eigenvalue weighted by atomic mass is 127. The molecule has 17 heteroatoms. The number of amides is 3. The molecule has 1 fully saturated rings. The number of halogens is 4. The second kappa shape index (κ2) is 14.8. The molecule has 1 saturated heterocycles. The van der Waals surface area contributed by atoms with Gasteiger partial charge >= 0.3 is 23.9 Å². The Labute approximate surface area is 274 Å². The topological polar surface area (TPSA) is 158 Å². The van der Waals surface area contributed by atoms with Gasteiger partial charge in [-0.1, -0.05) is 6.07 Å². The van der Waals surface area contributed by atoms with E-state index in [2.05, 4.69) is 43.3 Å². The van der Waals surface area contributed by atoms with Gasteiger partial charge in [0.25, 0.3) is 5.91 Å². The van der Waals surface area contributed by atoms with Gasteiger partial charge in [-0.25, -0.2) is 19.1 Å². The summed E-state index contributed by atoms with van der Waals surface area (Å²) in [5.74, 6) is -2.95. The summed E-state index contributed by atoms with van der Waals surface area (Å²) in [4.78, 5) is 54.1. The van der Waals surface area contributed by atoms with Crippen molar-refractivity contribution in [3.63, 3.8) is 0 Å². The predicted octanol–water partition coefficient (Wildman–Crippen LogP) is 3.91. The average Bonchev–Trinajstić information content (AvgIpc) is 3.62. The Kier molecular flexibility index (Phi) is 11.1. The molecule has 46 heavy (non-hydrogen) atoms. The van der Waals surface area contributed by atoms with Gasteiger partial charge in [-0.2, -0.15) is 18.3 Å². The number of carboxylic acids is 1. The number of carboxylic acid groups (broad SMARTS) is 1. The number of anilines is 1. The van der Waals surface area contributed by atoms with Crippen LogP contribution in [0.3, 0.4) is 0 Å². The Morgan fingerprint density at radius 1 is 1.11 bits per heavy atom. The van der Waals surface area contributed by atoms with Crippen molar-refractivity contribution >= 4 is 57.2 Å². The summed E-state index contributed by atoms with van der Waals surface area (Å²) in [7, 11) is 3.90. The lowest BCUT2D eigenvalue weighted by Gasteiger charge is -2.32. The number of likely N-dealkylation sites (tertiary alicyclic amines) is 1. The van der Waals surface area contributed by atoms with Crippen LogP contribution in [0, 0.1) is 3.57 Å². The molecule has 13 nitrogen and oxygen atoms in total. The van der Waals surface area contributed by atoms with Gasteiger partial charge in [0.2, 0.25) is 0 Å². The van der Waals surface area contributed by atoms with Gasteiger partial charge in [0.1, 0.15) is 0 Å². The molecule has 0 spiro atoms. The standard InChI is InChI=1S/C27H31IN8O3.C2HF3O2/c1-33(2)15-12-29-25(37)18-16-30-35(17-18)22-4-3-5-23-24(22)32-27(39)36(23)21-10-13-34(14-11-21)26(38)31-20-8-6-19(28)7-9-20;3-2(4,5)1(6)7/h3-9,16-17,21H,10-15H2,1-2H3,(H,29,37)(H,31,38)(H,32,39);(H,6,7). The second-order valence-corrected chi connectivity index (χ2v) is 11.9. The molecule has 2 aromatic heterocycles. The third-order valence-electron chi connectivity index (χ3n) is 7.12. The fourth-order valence-corrected chi connectivity index (χ4v) is 5.18. The van der Waals surface area contributed by atoms with Gasteiger partial charge < -0.3 is 30.5 Å². The van der Waals surface area contributed by atoms with Crippen molar-refractivity contribution in [1.82, 2.24) is 34.4 Å². The predicted molar refractivity (Wildman–Crippen MR) is 172 cm³/mol. The number of rotatable bonds is 7. The number of aromatic amines is 1. The molecule has 0 aliphatic carbocycles. The van der Waals surface area contributed by atoms with Crippen LogP contribution in [0.4, 0.5) is 23.7 Å². The van der Waals surface area contributed by atoms with Gasteiger partial charge in [-0.3, -0.25) is 9.36 Å². The Morgan fingerprint density at radius 2 is 1.76 bits per heavy atom. The summed E-state index contributed by atoms with van der Waals surface area (Å²) in [6.07, 6.45) is -0.567. The van der Waals surface area contributed by atoms with E-state index in [4.69, 9.17) is 9.90 Å². The number of hydrogen-bond acceptors (Lipinski definition) is 6. The summed E-state index contributed by atoms with van der Waals surface area (Å²) < 4.78 is 36.2. The fraction of sp³-hybridized carbons (Fsp3) is 0.345. The smallest absolute Gasteiger partial charge is 0.475 e. The molecule has 3 heterocycles. The highest BCUT2D eigenvalue weighted by Crippen LogP contribution is 2.28. The van der Waals surface area contributed by atoms with Crippen molar-refractivity contribution < 1.29 is 32.7 Å². The zero-order valence-electron chi connectivity index (χ0n) is 24.8. The first kappa shape index (κ1) is 34.5. The van der Waals surface area contributed by atoms with E-state index in [0.29, 0.717) is 49.2 Å². The van der Waals surface area contributed by atoms with Crippen LogP contribution < -0.4 is 16.3 Å². The Balaban J connectivity index is 0.000000617. The van der Waals surface area contributed by atoms with Crippen LogP contribution in [0.5, 0.6) is 0 Å². The molecule has 0 saturated carbocycles. The summed E-state index contributed by atoms with van der Waals surface area (Å²) in [6.45, 7) is 2.37. The first-order chi connectivity index (χ1) is 21.7. The monoisotopic (exact) mass is 756 g/mol. The maximum absolute atomic E-state index is 13.1. The van der Waals surface area contributed by atoms with Crippen LogP contribution in [0.25, 0.3) is 16.7 Å². The normalized spacial score (nSPS) is 13.8. The first-order valence-electron chi connectivity index (χ1n) is 14.1. The Morgan fingerprint density at radius 3 is 2.37 bits per heavy atom. The van der Waals surface area contributed by atoms with E-state index in [0.717, 1.165) is 21.3 Å². The minimum Gasteiger partial charge on any atom is -0.475 e. The van der Waals surface area contributed by atoms with E-state index >= 15 is 0 Å². The highest BCUT2D eigenvalue weighted by Gasteiger charge is 2.38. The number of benzene rings is 2. The summed E-state index contributed by atoms with van der Waals surface area (Å²) in [5, 5.41) is 17.3. The van der Waals surface area contributed by atoms with Crippen LogP contribution in [0.2, 0.25) is 0 Å². The molecule has 1 aliphatic heterocycles. The van der Waals surface area contributed by atoms with Crippen molar-refractivity contribution in [3.8, 4) is 5.69 Å². The molecule has 4 aromatic rings. The van der Waals surface area contributed by atoms with E-state index in [1.165, 1.54) is 6.20 Å². The van der Waals surface area contributed by atoms with Crippen LogP contribution in [-0.4, -0.2) is 98.6 Å². The maximum atomic E-state index is 13.1. The molecule has 0 atom stereocenters. The number of hydrogen-bond donors (Lipinski definition) is 4. The van der Waals surface area contributed by atoms with Gasteiger partial charge in [0.15, 0.2) is 0 Å². The minimum atomic E-state index is -5.08. The van der Waals surface area contributed by atoms with E-state index in [9.17, 15) is 27.6 Å². The van der Waals surface area contributed by atoms with Crippen molar-refractivity contribution in [3.05, 3.63) is 74.5 Å². The van der Waals surface area contributed by atoms with Crippen molar-refractivity contribution in [2.24, 2.45) is 0 Å². The van der Waals surface area contributed by atoms with E-state index in [-0.39, 0.29) is 23.7 Å². The number of nitrogens with one attached hydrogen (secondary N) is 3. The molecule has 0 bridgehead atoms. The fourth-order valence-electron chi connectivity index (χ4n) is 4.82. The zero-order valence-corrected chi connectivity index (χ0v) is 27.0. The molecule has 4 N–H and O–H groups in total. The maximum Gasteiger partial charge on any atom is 0.490 e. The Hall–Kier alpha value is -4.39. The van der Waals surface area contributed by atoms with Crippen LogP contribution in [-0.2, 0) is 4.79 Å². The summed E-state index contributed by atoms with van der Waals surface area (Å²) >= 11 is 2.23.